The number of methoxy groups -OCH3 is 1. The van der Waals surface area contributed by atoms with E-state index in [0.29, 0.717) is 12.3 Å². The number of ether oxygens (including phenoxy) is 2. The molecule has 6 heteroatoms. The standard InChI is InChI=1S/C17H16FNO4/c1-3-23-15-10-13(18)7-8-14(15)19-16(20)11-5-4-6-12(9-11)17(21)22-2/h4-10H,3H2,1-2H3,(H,19,20). The Morgan fingerprint density at radius 1 is 1.13 bits per heavy atom. The summed E-state index contributed by atoms with van der Waals surface area (Å²) in [5.74, 6) is -1.19. The monoisotopic (exact) mass is 317 g/mol. The fraction of sp³-hybridized carbons (Fsp3) is 0.176. The van der Waals surface area contributed by atoms with Gasteiger partial charge in [0, 0.05) is 11.6 Å². The predicted octanol–water partition coefficient (Wildman–Crippen LogP) is 3.26. The molecular weight excluding hydrogens is 301 g/mol. The molecule has 0 aliphatic carbocycles. The molecule has 0 atom stereocenters. The highest BCUT2D eigenvalue weighted by Gasteiger charge is 2.13. The van der Waals surface area contributed by atoms with Crippen molar-refractivity contribution in [2.75, 3.05) is 19.0 Å². The molecular formula is C17H16FNO4. The van der Waals surface area contributed by atoms with Gasteiger partial charge in [0.2, 0.25) is 0 Å². The lowest BCUT2D eigenvalue weighted by Gasteiger charge is -2.12. The summed E-state index contributed by atoms with van der Waals surface area (Å²) < 4.78 is 23.2. The highest BCUT2D eigenvalue weighted by molar-refractivity contribution is 6.06. The molecule has 23 heavy (non-hydrogen) atoms. The van der Waals surface area contributed by atoms with Crippen molar-refractivity contribution >= 4 is 17.6 Å². The van der Waals surface area contributed by atoms with Crippen LogP contribution in [0.2, 0.25) is 0 Å². The zero-order valence-electron chi connectivity index (χ0n) is 12.8. The second-order valence-electron chi connectivity index (χ2n) is 4.60. The first-order chi connectivity index (χ1) is 11.0. The first-order valence-electron chi connectivity index (χ1n) is 6.97. The highest BCUT2D eigenvalue weighted by atomic mass is 19.1. The molecule has 120 valence electrons. The quantitative estimate of drug-likeness (QED) is 0.860. The molecule has 0 saturated heterocycles. The van der Waals surface area contributed by atoms with E-state index in [-0.39, 0.29) is 16.9 Å². The number of amides is 1. The maximum Gasteiger partial charge on any atom is 0.337 e. The van der Waals surface area contributed by atoms with Crippen LogP contribution in [0.25, 0.3) is 0 Å². The average molecular weight is 317 g/mol. The summed E-state index contributed by atoms with van der Waals surface area (Å²) in [6, 6.07) is 9.95. The molecule has 0 aliphatic heterocycles. The summed E-state index contributed by atoms with van der Waals surface area (Å²) in [6.45, 7) is 2.10. The second kappa shape index (κ2) is 7.40. The summed E-state index contributed by atoms with van der Waals surface area (Å²) in [5, 5.41) is 2.64. The van der Waals surface area contributed by atoms with E-state index in [1.807, 2.05) is 0 Å². The normalized spacial score (nSPS) is 10.0. The van der Waals surface area contributed by atoms with Gasteiger partial charge in [-0.15, -0.1) is 0 Å². The number of rotatable bonds is 5. The van der Waals surface area contributed by atoms with Gasteiger partial charge < -0.3 is 14.8 Å². The third-order valence-corrected chi connectivity index (χ3v) is 3.04. The number of anilines is 1. The first kappa shape index (κ1) is 16.5. The van der Waals surface area contributed by atoms with Crippen LogP contribution in [0.5, 0.6) is 5.75 Å². The maximum absolute atomic E-state index is 13.3. The third-order valence-electron chi connectivity index (χ3n) is 3.04. The van der Waals surface area contributed by atoms with Crippen LogP contribution in [-0.4, -0.2) is 25.6 Å². The highest BCUT2D eigenvalue weighted by Crippen LogP contribution is 2.26. The van der Waals surface area contributed by atoms with Crippen LogP contribution in [0.3, 0.4) is 0 Å². The topological polar surface area (TPSA) is 64.6 Å². The molecule has 0 saturated carbocycles. The molecule has 2 rings (SSSR count). The number of carbonyl (C=O) groups excluding carboxylic acids is 2. The molecule has 0 radical (unpaired) electrons. The van der Waals surface area contributed by atoms with Crippen LogP contribution in [0.15, 0.2) is 42.5 Å². The second-order valence-corrected chi connectivity index (χ2v) is 4.60. The molecule has 0 heterocycles. The Labute approximate surface area is 133 Å². The Kier molecular flexibility index (Phi) is 5.30. The lowest BCUT2D eigenvalue weighted by atomic mass is 10.1. The largest absolute Gasteiger partial charge is 0.492 e. The Balaban J connectivity index is 2.24. The summed E-state index contributed by atoms with van der Waals surface area (Å²) in [7, 11) is 1.27. The number of hydrogen-bond donors (Lipinski definition) is 1. The summed E-state index contributed by atoms with van der Waals surface area (Å²) in [6.07, 6.45) is 0. The Morgan fingerprint density at radius 2 is 1.87 bits per heavy atom. The van der Waals surface area contributed by atoms with Crippen LogP contribution in [0, 0.1) is 5.82 Å². The van der Waals surface area contributed by atoms with Crippen molar-refractivity contribution < 1.29 is 23.5 Å². The number of benzene rings is 2. The molecule has 0 fully saturated rings. The van der Waals surface area contributed by atoms with E-state index in [9.17, 15) is 14.0 Å². The van der Waals surface area contributed by atoms with Gasteiger partial charge in [-0.2, -0.15) is 0 Å². The van der Waals surface area contributed by atoms with Gasteiger partial charge in [-0.3, -0.25) is 4.79 Å². The minimum Gasteiger partial charge on any atom is -0.492 e. The van der Waals surface area contributed by atoms with Gasteiger partial charge >= 0.3 is 5.97 Å². The average Bonchev–Trinajstić information content (AvgIpc) is 2.57. The number of nitrogens with one attached hydrogen (secondary N) is 1. The predicted molar refractivity (Wildman–Crippen MR) is 83.3 cm³/mol. The van der Waals surface area contributed by atoms with Gasteiger partial charge in [0.1, 0.15) is 11.6 Å². The minimum atomic E-state index is -0.531. The molecule has 0 aliphatic rings. The van der Waals surface area contributed by atoms with Gasteiger partial charge in [-0.1, -0.05) is 6.07 Å². The van der Waals surface area contributed by atoms with Crippen LogP contribution in [0.1, 0.15) is 27.6 Å². The molecule has 0 bridgehead atoms. The minimum absolute atomic E-state index is 0.241. The lowest BCUT2D eigenvalue weighted by molar-refractivity contribution is 0.0600. The van der Waals surface area contributed by atoms with Crippen LogP contribution in [0.4, 0.5) is 10.1 Å². The smallest absolute Gasteiger partial charge is 0.337 e. The molecule has 1 amide bonds. The van der Waals surface area contributed by atoms with Crippen molar-refractivity contribution in [3.63, 3.8) is 0 Å². The van der Waals surface area contributed by atoms with Crippen LogP contribution in [-0.2, 0) is 4.74 Å². The number of esters is 1. The lowest BCUT2D eigenvalue weighted by Crippen LogP contribution is -2.14. The Hall–Kier alpha value is -2.89. The number of halogens is 1. The van der Waals surface area contributed by atoms with Gasteiger partial charge in [0.15, 0.2) is 0 Å². The molecule has 1 N–H and O–H groups in total. The zero-order valence-corrected chi connectivity index (χ0v) is 12.8. The molecule has 2 aromatic rings. The van der Waals surface area contributed by atoms with Gasteiger partial charge in [-0.05, 0) is 37.3 Å². The van der Waals surface area contributed by atoms with Gasteiger partial charge in [-0.25, -0.2) is 9.18 Å². The van der Waals surface area contributed by atoms with E-state index < -0.39 is 17.7 Å². The zero-order chi connectivity index (χ0) is 16.8. The molecule has 0 spiro atoms. The van der Waals surface area contributed by atoms with Crippen molar-refractivity contribution in [3.8, 4) is 5.75 Å². The van der Waals surface area contributed by atoms with Crippen molar-refractivity contribution in [1.82, 2.24) is 0 Å². The molecule has 2 aromatic carbocycles. The van der Waals surface area contributed by atoms with E-state index in [1.165, 1.54) is 31.4 Å². The fourth-order valence-electron chi connectivity index (χ4n) is 1.97. The van der Waals surface area contributed by atoms with Crippen LogP contribution < -0.4 is 10.1 Å². The van der Waals surface area contributed by atoms with E-state index in [0.717, 1.165) is 0 Å². The van der Waals surface area contributed by atoms with Crippen molar-refractivity contribution in [1.29, 1.82) is 0 Å². The SMILES string of the molecule is CCOc1cc(F)ccc1NC(=O)c1cccc(C(=O)OC)c1. The van der Waals surface area contributed by atoms with Gasteiger partial charge in [0.05, 0.1) is 25.0 Å². The first-order valence-corrected chi connectivity index (χ1v) is 6.97. The van der Waals surface area contributed by atoms with Gasteiger partial charge in [0.25, 0.3) is 5.91 Å². The summed E-state index contributed by atoms with van der Waals surface area (Å²) in [5.41, 5.74) is 0.894. The van der Waals surface area contributed by atoms with E-state index >= 15 is 0 Å². The van der Waals surface area contributed by atoms with E-state index in [2.05, 4.69) is 10.1 Å². The van der Waals surface area contributed by atoms with Crippen molar-refractivity contribution in [2.45, 2.75) is 6.92 Å². The summed E-state index contributed by atoms with van der Waals surface area (Å²) in [4.78, 5) is 23.8. The molecule has 0 aromatic heterocycles. The fourth-order valence-corrected chi connectivity index (χ4v) is 1.97. The third kappa shape index (κ3) is 4.06. The Morgan fingerprint density at radius 3 is 2.57 bits per heavy atom. The van der Waals surface area contributed by atoms with E-state index in [1.54, 1.807) is 25.1 Å². The Bertz CT molecular complexity index is 730. The van der Waals surface area contributed by atoms with E-state index in [4.69, 9.17) is 4.74 Å². The van der Waals surface area contributed by atoms with Crippen molar-refractivity contribution in [2.24, 2.45) is 0 Å². The summed E-state index contributed by atoms with van der Waals surface area (Å²) >= 11 is 0. The molecule has 0 unspecified atom stereocenters. The number of carbonyl (C=O) groups is 2. The van der Waals surface area contributed by atoms with Crippen molar-refractivity contribution in [3.05, 3.63) is 59.4 Å². The number of hydrogen-bond acceptors (Lipinski definition) is 4. The van der Waals surface area contributed by atoms with Crippen LogP contribution >= 0.6 is 0 Å². The molecule has 5 nitrogen and oxygen atoms in total. The maximum atomic E-state index is 13.3.